The summed E-state index contributed by atoms with van der Waals surface area (Å²) in [5.74, 6) is 0.747. The molecule has 8 nitrogen and oxygen atoms in total. The number of benzene rings is 1. The van der Waals surface area contributed by atoms with Crippen molar-refractivity contribution in [2.24, 2.45) is 0 Å². The highest BCUT2D eigenvalue weighted by Crippen LogP contribution is 2.35. The molecular formula is C18H17N5O3. The molecule has 0 aliphatic rings. The Morgan fingerprint density at radius 1 is 1.15 bits per heavy atom. The van der Waals surface area contributed by atoms with Gasteiger partial charge in [0.25, 0.3) is 0 Å². The monoisotopic (exact) mass is 351 g/mol. The fourth-order valence-corrected chi connectivity index (χ4v) is 2.30. The normalized spacial score (nSPS) is 10.6. The molecule has 0 saturated heterocycles. The van der Waals surface area contributed by atoms with E-state index in [2.05, 4.69) is 34.1 Å². The predicted octanol–water partition coefficient (Wildman–Crippen LogP) is 4.44. The second-order valence-corrected chi connectivity index (χ2v) is 5.83. The lowest BCUT2D eigenvalue weighted by Gasteiger charge is -2.10. The van der Waals surface area contributed by atoms with Crippen molar-refractivity contribution in [1.82, 2.24) is 15.0 Å². The van der Waals surface area contributed by atoms with E-state index in [0.29, 0.717) is 17.4 Å². The van der Waals surface area contributed by atoms with Crippen molar-refractivity contribution in [2.45, 2.75) is 19.8 Å². The van der Waals surface area contributed by atoms with Crippen molar-refractivity contribution >= 4 is 17.2 Å². The van der Waals surface area contributed by atoms with E-state index in [-0.39, 0.29) is 17.4 Å². The minimum Gasteiger partial charge on any atom is -0.434 e. The molecule has 0 unspecified atom stereocenters. The van der Waals surface area contributed by atoms with Gasteiger partial charge in [0.05, 0.1) is 16.8 Å². The standard InChI is InChI=1S/C18H17N5O3/c1-12(2)13-5-7-15(8-6-13)26-18-16(23(24)25)17(20-11-21-18)22-14-4-3-9-19-10-14/h3-12H,1-2H3,(H,20,21,22). The van der Waals surface area contributed by atoms with Crippen LogP contribution in [0.25, 0.3) is 0 Å². The van der Waals surface area contributed by atoms with Crippen LogP contribution in [0.5, 0.6) is 11.6 Å². The number of anilines is 2. The first-order valence-electron chi connectivity index (χ1n) is 7.99. The molecule has 3 aromatic rings. The molecule has 0 saturated carbocycles. The minimum absolute atomic E-state index is 0.0341. The van der Waals surface area contributed by atoms with Crippen LogP contribution >= 0.6 is 0 Å². The number of nitrogens with zero attached hydrogens (tertiary/aromatic N) is 4. The summed E-state index contributed by atoms with van der Waals surface area (Å²) in [7, 11) is 0. The Bertz CT molecular complexity index is 898. The average molecular weight is 351 g/mol. The topological polar surface area (TPSA) is 103 Å². The number of hydrogen-bond donors (Lipinski definition) is 1. The zero-order valence-electron chi connectivity index (χ0n) is 14.3. The van der Waals surface area contributed by atoms with E-state index in [1.54, 1.807) is 30.5 Å². The summed E-state index contributed by atoms with van der Waals surface area (Å²) < 4.78 is 5.64. The van der Waals surface area contributed by atoms with E-state index >= 15 is 0 Å². The van der Waals surface area contributed by atoms with Crippen LogP contribution in [0, 0.1) is 10.1 Å². The van der Waals surface area contributed by atoms with Gasteiger partial charge < -0.3 is 10.1 Å². The summed E-state index contributed by atoms with van der Waals surface area (Å²) in [6.07, 6.45) is 4.36. The third-order valence-electron chi connectivity index (χ3n) is 3.66. The minimum atomic E-state index is -0.573. The summed E-state index contributed by atoms with van der Waals surface area (Å²) >= 11 is 0. The van der Waals surface area contributed by atoms with Crippen molar-refractivity contribution in [3.63, 3.8) is 0 Å². The quantitative estimate of drug-likeness (QED) is 0.517. The Morgan fingerprint density at radius 2 is 1.92 bits per heavy atom. The van der Waals surface area contributed by atoms with E-state index in [4.69, 9.17) is 4.74 Å². The predicted molar refractivity (Wildman–Crippen MR) is 96.8 cm³/mol. The van der Waals surface area contributed by atoms with Crippen LogP contribution in [0.15, 0.2) is 55.1 Å². The molecular weight excluding hydrogens is 334 g/mol. The lowest BCUT2D eigenvalue weighted by molar-refractivity contribution is -0.385. The van der Waals surface area contributed by atoms with Gasteiger partial charge in [-0.2, -0.15) is 4.98 Å². The van der Waals surface area contributed by atoms with Gasteiger partial charge in [0.15, 0.2) is 0 Å². The number of nitrogens with one attached hydrogen (secondary N) is 1. The second-order valence-electron chi connectivity index (χ2n) is 5.83. The highest BCUT2D eigenvalue weighted by atomic mass is 16.6. The van der Waals surface area contributed by atoms with Crippen molar-refractivity contribution in [3.8, 4) is 11.6 Å². The van der Waals surface area contributed by atoms with Gasteiger partial charge >= 0.3 is 11.6 Å². The fourth-order valence-electron chi connectivity index (χ4n) is 2.30. The lowest BCUT2D eigenvalue weighted by atomic mass is 10.0. The number of pyridine rings is 1. The number of hydrogen-bond acceptors (Lipinski definition) is 7. The van der Waals surface area contributed by atoms with Crippen LogP contribution in [0.3, 0.4) is 0 Å². The molecule has 0 spiro atoms. The van der Waals surface area contributed by atoms with Crippen LogP contribution in [-0.2, 0) is 0 Å². The maximum absolute atomic E-state index is 11.6. The van der Waals surface area contributed by atoms with Crippen molar-refractivity contribution in [2.75, 3.05) is 5.32 Å². The van der Waals surface area contributed by atoms with Crippen molar-refractivity contribution in [1.29, 1.82) is 0 Å². The second kappa shape index (κ2) is 7.56. The Morgan fingerprint density at radius 3 is 2.54 bits per heavy atom. The van der Waals surface area contributed by atoms with Crippen LogP contribution < -0.4 is 10.1 Å². The fraction of sp³-hybridized carbons (Fsp3) is 0.167. The van der Waals surface area contributed by atoms with Gasteiger partial charge in [-0.3, -0.25) is 15.1 Å². The first kappa shape index (κ1) is 17.3. The highest BCUT2D eigenvalue weighted by Gasteiger charge is 2.25. The van der Waals surface area contributed by atoms with Gasteiger partial charge in [-0.15, -0.1) is 0 Å². The van der Waals surface area contributed by atoms with Crippen LogP contribution in [0.4, 0.5) is 17.2 Å². The van der Waals surface area contributed by atoms with Crippen molar-refractivity contribution < 1.29 is 9.66 Å². The molecule has 0 radical (unpaired) electrons. The Balaban J connectivity index is 1.91. The maximum Gasteiger partial charge on any atom is 0.373 e. The smallest absolute Gasteiger partial charge is 0.373 e. The maximum atomic E-state index is 11.6. The zero-order chi connectivity index (χ0) is 18.5. The van der Waals surface area contributed by atoms with Crippen LogP contribution in [0.1, 0.15) is 25.3 Å². The van der Waals surface area contributed by atoms with Gasteiger partial charge in [-0.1, -0.05) is 26.0 Å². The van der Waals surface area contributed by atoms with Gasteiger partial charge in [0.1, 0.15) is 12.1 Å². The molecule has 0 atom stereocenters. The van der Waals surface area contributed by atoms with Crippen LogP contribution in [0.2, 0.25) is 0 Å². The number of rotatable bonds is 6. The number of nitro groups is 1. The average Bonchev–Trinajstić information content (AvgIpc) is 2.63. The van der Waals surface area contributed by atoms with Gasteiger partial charge in [-0.25, -0.2) is 4.98 Å². The molecule has 3 rings (SSSR count). The molecule has 2 heterocycles. The molecule has 1 aromatic carbocycles. The Hall–Kier alpha value is -3.55. The molecule has 26 heavy (non-hydrogen) atoms. The molecule has 132 valence electrons. The molecule has 2 aromatic heterocycles. The number of ether oxygens (including phenoxy) is 1. The highest BCUT2D eigenvalue weighted by molar-refractivity contribution is 5.68. The van der Waals surface area contributed by atoms with Crippen LogP contribution in [-0.4, -0.2) is 19.9 Å². The van der Waals surface area contributed by atoms with Gasteiger partial charge in [-0.05, 0) is 35.7 Å². The first-order valence-corrected chi connectivity index (χ1v) is 7.99. The molecule has 8 heteroatoms. The molecule has 0 fully saturated rings. The summed E-state index contributed by atoms with van der Waals surface area (Å²) in [6, 6.07) is 10.8. The largest absolute Gasteiger partial charge is 0.434 e. The Labute approximate surface area is 150 Å². The first-order chi connectivity index (χ1) is 12.5. The van der Waals surface area contributed by atoms with Crippen molar-refractivity contribution in [3.05, 3.63) is 70.8 Å². The van der Waals surface area contributed by atoms with E-state index in [9.17, 15) is 10.1 Å². The lowest BCUT2D eigenvalue weighted by Crippen LogP contribution is -2.03. The molecule has 1 N–H and O–H groups in total. The van der Waals surface area contributed by atoms with E-state index < -0.39 is 4.92 Å². The number of aromatic nitrogens is 3. The zero-order valence-corrected chi connectivity index (χ0v) is 14.3. The van der Waals surface area contributed by atoms with E-state index in [0.717, 1.165) is 5.56 Å². The SMILES string of the molecule is CC(C)c1ccc(Oc2ncnc(Nc3cccnc3)c2[N+](=O)[O-])cc1. The molecule has 0 bridgehead atoms. The van der Waals surface area contributed by atoms with Gasteiger partial charge in [0.2, 0.25) is 5.82 Å². The summed E-state index contributed by atoms with van der Waals surface area (Å²) in [6.45, 7) is 4.17. The summed E-state index contributed by atoms with van der Waals surface area (Å²) in [5.41, 5.74) is 1.37. The van der Waals surface area contributed by atoms with E-state index in [1.807, 2.05) is 12.1 Å². The Kier molecular flexibility index (Phi) is 5.02. The molecule has 0 amide bonds. The molecule has 0 aliphatic heterocycles. The summed E-state index contributed by atoms with van der Waals surface area (Å²) in [5, 5.41) is 14.4. The van der Waals surface area contributed by atoms with E-state index in [1.165, 1.54) is 12.5 Å². The third kappa shape index (κ3) is 3.92. The third-order valence-corrected chi connectivity index (χ3v) is 3.66. The molecule has 0 aliphatic carbocycles. The van der Waals surface area contributed by atoms with Gasteiger partial charge in [0, 0.05) is 6.20 Å². The summed E-state index contributed by atoms with van der Waals surface area (Å²) in [4.78, 5) is 22.8.